The van der Waals surface area contributed by atoms with Gasteiger partial charge in [-0.2, -0.15) is 0 Å². The van der Waals surface area contributed by atoms with Crippen LogP contribution < -0.4 is 0 Å². The molecule has 1 atom stereocenters. The summed E-state index contributed by atoms with van der Waals surface area (Å²) < 4.78 is 17.8. The number of likely N-dealkylation sites (tertiary alicyclic amines) is 1. The van der Waals surface area contributed by atoms with Crippen LogP contribution in [0.4, 0.5) is 0 Å². The van der Waals surface area contributed by atoms with Gasteiger partial charge in [-0.1, -0.05) is 6.42 Å². The molecule has 0 aromatic carbocycles. The molecule has 4 fully saturated rings. The SMILES string of the molecule is C1CC(N2CC3(C[C@@H](OCC4CCOCC4)CCO3)C2)C1. The van der Waals surface area contributed by atoms with Crippen LogP contribution in [0.2, 0.25) is 0 Å². The highest BCUT2D eigenvalue weighted by Gasteiger charge is 2.50. The van der Waals surface area contributed by atoms with Crippen molar-refractivity contribution in [3.05, 3.63) is 0 Å². The number of ether oxygens (including phenoxy) is 3. The Morgan fingerprint density at radius 1 is 1.00 bits per heavy atom. The highest BCUT2D eigenvalue weighted by Crippen LogP contribution is 2.40. The lowest BCUT2D eigenvalue weighted by atomic mass is 9.80. The first-order chi connectivity index (χ1) is 10.3. The summed E-state index contributed by atoms with van der Waals surface area (Å²) in [6, 6.07) is 0.864. The molecule has 3 saturated heterocycles. The molecule has 0 N–H and O–H groups in total. The molecule has 4 nitrogen and oxygen atoms in total. The van der Waals surface area contributed by atoms with Crippen molar-refractivity contribution in [3.63, 3.8) is 0 Å². The van der Waals surface area contributed by atoms with Gasteiger partial charge in [0.15, 0.2) is 0 Å². The Bertz CT molecular complexity index is 346. The zero-order chi connectivity index (χ0) is 14.1. The third kappa shape index (κ3) is 3.14. The maximum absolute atomic E-state index is 6.24. The van der Waals surface area contributed by atoms with Crippen LogP contribution in [0.15, 0.2) is 0 Å². The van der Waals surface area contributed by atoms with Crippen LogP contribution in [-0.4, -0.2) is 62.2 Å². The molecule has 0 aromatic heterocycles. The van der Waals surface area contributed by atoms with Crippen LogP contribution >= 0.6 is 0 Å². The van der Waals surface area contributed by atoms with Crippen LogP contribution in [0, 0.1) is 5.92 Å². The quantitative estimate of drug-likeness (QED) is 0.796. The van der Waals surface area contributed by atoms with Gasteiger partial charge in [-0.05, 0) is 38.0 Å². The summed E-state index contributed by atoms with van der Waals surface area (Å²) in [5.41, 5.74) is 0.133. The lowest BCUT2D eigenvalue weighted by molar-refractivity contribution is -0.211. The van der Waals surface area contributed by atoms with Gasteiger partial charge >= 0.3 is 0 Å². The largest absolute Gasteiger partial charge is 0.381 e. The van der Waals surface area contributed by atoms with E-state index in [1.54, 1.807) is 0 Å². The molecule has 0 aromatic rings. The van der Waals surface area contributed by atoms with Crippen molar-refractivity contribution in [2.45, 2.75) is 62.7 Å². The van der Waals surface area contributed by atoms with E-state index in [4.69, 9.17) is 14.2 Å². The molecule has 21 heavy (non-hydrogen) atoms. The van der Waals surface area contributed by atoms with Crippen molar-refractivity contribution in [1.82, 2.24) is 4.90 Å². The van der Waals surface area contributed by atoms with Crippen LogP contribution in [0.25, 0.3) is 0 Å². The van der Waals surface area contributed by atoms with Gasteiger partial charge in [0.05, 0.1) is 11.7 Å². The van der Waals surface area contributed by atoms with Crippen molar-refractivity contribution < 1.29 is 14.2 Å². The molecule has 0 radical (unpaired) electrons. The van der Waals surface area contributed by atoms with E-state index in [1.165, 1.54) is 32.1 Å². The van der Waals surface area contributed by atoms with Crippen molar-refractivity contribution in [3.8, 4) is 0 Å². The minimum atomic E-state index is 0.133. The first-order valence-corrected chi connectivity index (χ1v) is 8.90. The summed E-state index contributed by atoms with van der Waals surface area (Å²) in [4.78, 5) is 2.63. The number of hydrogen-bond donors (Lipinski definition) is 0. The maximum atomic E-state index is 6.24. The second-order valence-corrected chi connectivity index (χ2v) is 7.53. The van der Waals surface area contributed by atoms with Gasteiger partial charge in [0, 0.05) is 52.0 Å². The third-order valence-electron chi connectivity index (χ3n) is 5.93. The minimum Gasteiger partial charge on any atom is -0.381 e. The molecule has 120 valence electrons. The van der Waals surface area contributed by atoms with E-state index < -0.39 is 0 Å². The topological polar surface area (TPSA) is 30.9 Å². The van der Waals surface area contributed by atoms with Gasteiger partial charge in [0.25, 0.3) is 0 Å². The third-order valence-corrected chi connectivity index (χ3v) is 5.93. The molecule has 3 aliphatic heterocycles. The van der Waals surface area contributed by atoms with Crippen LogP contribution in [0.3, 0.4) is 0 Å². The van der Waals surface area contributed by atoms with E-state index in [0.717, 1.165) is 58.4 Å². The van der Waals surface area contributed by atoms with Gasteiger partial charge in [-0.25, -0.2) is 0 Å². The molecule has 0 unspecified atom stereocenters. The average molecular weight is 295 g/mol. The number of rotatable bonds is 4. The van der Waals surface area contributed by atoms with E-state index in [0.29, 0.717) is 12.0 Å². The smallest absolute Gasteiger partial charge is 0.0959 e. The average Bonchev–Trinajstić information content (AvgIpc) is 2.43. The lowest BCUT2D eigenvalue weighted by Gasteiger charge is -2.57. The maximum Gasteiger partial charge on any atom is 0.0959 e. The summed E-state index contributed by atoms with van der Waals surface area (Å²) in [5.74, 6) is 0.713. The molecule has 0 amide bonds. The fraction of sp³-hybridized carbons (Fsp3) is 1.00. The molecule has 4 aliphatic rings. The normalized spacial score (nSPS) is 34.6. The first-order valence-electron chi connectivity index (χ1n) is 8.90. The Kier molecular flexibility index (Phi) is 4.23. The van der Waals surface area contributed by atoms with Crippen LogP contribution in [0.1, 0.15) is 44.9 Å². The van der Waals surface area contributed by atoms with Crippen LogP contribution in [0.5, 0.6) is 0 Å². The fourth-order valence-corrected chi connectivity index (χ4v) is 4.23. The summed E-state index contributed by atoms with van der Waals surface area (Å²) >= 11 is 0. The Labute approximate surface area is 128 Å². The highest BCUT2D eigenvalue weighted by molar-refractivity contribution is 5.04. The summed E-state index contributed by atoms with van der Waals surface area (Å²) in [5, 5.41) is 0. The molecular formula is C17H29NO3. The van der Waals surface area contributed by atoms with E-state index >= 15 is 0 Å². The van der Waals surface area contributed by atoms with Gasteiger partial charge in [-0.3, -0.25) is 4.90 Å². The minimum absolute atomic E-state index is 0.133. The molecule has 1 aliphatic carbocycles. The second kappa shape index (κ2) is 6.15. The van der Waals surface area contributed by atoms with Gasteiger partial charge in [-0.15, -0.1) is 0 Å². The van der Waals surface area contributed by atoms with Gasteiger partial charge in [0.1, 0.15) is 0 Å². The highest BCUT2D eigenvalue weighted by atomic mass is 16.5. The number of hydrogen-bond acceptors (Lipinski definition) is 4. The van der Waals surface area contributed by atoms with E-state index in [2.05, 4.69) is 4.90 Å². The molecular weight excluding hydrogens is 266 g/mol. The molecule has 0 bridgehead atoms. The van der Waals surface area contributed by atoms with Crippen LogP contribution in [-0.2, 0) is 14.2 Å². The summed E-state index contributed by atoms with van der Waals surface area (Å²) in [7, 11) is 0. The molecule has 4 heteroatoms. The molecule has 4 rings (SSSR count). The summed E-state index contributed by atoms with van der Waals surface area (Å²) in [6.45, 7) is 5.95. The molecule has 1 saturated carbocycles. The zero-order valence-corrected chi connectivity index (χ0v) is 13.1. The predicted octanol–water partition coefficient (Wildman–Crippen LogP) is 2.22. The Morgan fingerprint density at radius 2 is 1.81 bits per heavy atom. The van der Waals surface area contributed by atoms with Gasteiger partial charge in [0.2, 0.25) is 0 Å². The standard InChI is InChI=1S/C17H29NO3/c1-2-15(3-1)18-12-17(13-18)10-16(6-9-21-17)20-11-14-4-7-19-8-5-14/h14-16H,1-13H2/t16-/m0/s1. The van der Waals surface area contributed by atoms with E-state index in [1.807, 2.05) is 0 Å². The Morgan fingerprint density at radius 3 is 2.52 bits per heavy atom. The van der Waals surface area contributed by atoms with Gasteiger partial charge < -0.3 is 14.2 Å². The zero-order valence-electron chi connectivity index (χ0n) is 13.1. The fourth-order valence-electron chi connectivity index (χ4n) is 4.23. The van der Waals surface area contributed by atoms with Crippen molar-refractivity contribution in [2.24, 2.45) is 5.92 Å². The second-order valence-electron chi connectivity index (χ2n) is 7.53. The van der Waals surface area contributed by atoms with E-state index in [-0.39, 0.29) is 5.60 Å². The Hall–Kier alpha value is -0.160. The van der Waals surface area contributed by atoms with Crippen molar-refractivity contribution in [1.29, 1.82) is 0 Å². The lowest BCUT2D eigenvalue weighted by Crippen LogP contribution is -2.69. The van der Waals surface area contributed by atoms with Crippen molar-refractivity contribution in [2.75, 3.05) is 39.5 Å². The first kappa shape index (κ1) is 14.4. The van der Waals surface area contributed by atoms with Crippen molar-refractivity contribution >= 4 is 0 Å². The molecule has 1 spiro atoms. The molecule has 3 heterocycles. The van der Waals surface area contributed by atoms with E-state index in [9.17, 15) is 0 Å². The Balaban J connectivity index is 1.22. The number of nitrogens with zero attached hydrogens (tertiary/aromatic N) is 1. The predicted molar refractivity (Wildman–Crippen MR) is 80.4 cm³/mol. The monoisotopic (exact) mass is 295 g/mol. The summed E-state index contributed by atoms with van der Waals surface area (Å²) in [6.07, 6.45) is 9.18.